The summed E-state index contributed by atoms with van der Waals surface area (Å²) in [6.45, 7) is 0. The molecule has 1 unspecified atom stereocenters. The number of hydrogen-bond donors (Lipinski definition) is 2. The average Bonchev–Trinajstić information content (AvgIpc) is 3.04. The van der Waals surface area contributed by atoms with E-state index in [1.54, 1.807) is 6.07 Å². The highest BCUT2D eigenvalue weighted by molar-refractivity contribution is 6.10. The van der Waals surface area contributed by atoms with Gasteiger partial charge in [0.2, 0.25) is 0 Å². The van der Waals surface area contributed by atoms with Crippen molar-refractivity contribution >= 4 is 34.1 Å². The number of aliphatic hydroxyl groups is 1. The number of rotatable bonds is 0. The Kier molecular flexibility index (Phi) is 3.66. The number of fused-ring (bicyclic) bond motifs is 7. The number of aromatic nitrogens is 1. The van der Waals surface area contributed by atoms with E-state index in [1.165, 1.54) is 30.0 Å². The minimum Gasteiger partial charge on any atom is -0.506 e. The Balaban J connectivity index is 0.00000146. The smallest absolute Gasteiger partial charge is 0.134 e. The maximum atomic E-state index is 11.1. The third kappa shape index (κ3) is 2.04. The molecule has 124 valence electrons. The van der Waals surface area contributed by atoms with Gasteiger partial charge in [0, 0.05) is 10.9 Å². The Morgan fingerprint density at radius 1 is 1.04 bits per heavy atom. The molecule has 2 aliphatic carbocycles. The van der Waals surface area contributed by atoms with Crippen LogP contribution in [0.5, 0.6) is 5.75 Å². The van der Waals surface area contributed by atoms with E-state index < -0.39 is 6.10 Å². The first-order chi connectivity index (χ1) is 11.2. The summed E-state index contributed by atoms with van der Waals surface area (Å²) < 4.78 is 0. The minimum atomic E-state index is -0.435. The van der Waals surface area contributed by atoms with Crippen molar-refractivity contribution in [3.63, 3.8) is 0 Å². The first-order valence-corrected chi connectivity index (χ1v) is 8.44. The van der Waals surface area contributed by atoms with Crippen LogP contribution in [0.3, 0.4) is 0 Å². The number of halogens is 1. The summed E-state index contributed by atoms with van der Waals surface area (Å²) in [4.78, 5) is 4.50. The van der Waals surface area contributed by atoms with Gasteiger partial charge in [-0.3, -0.25) is 4.98 Å². The van der Waals surface area contributed by atoms with Crippen LogP contribution < -0.4 is 0 Å². The van der Waals surface area contributed by atoms with Crippen molar-refractivity contribution < 1.29 is 10.2 Å². The molecule has 2 N–H and O–H groups in total. The fourth-order valence-corrected chi connectivity index (χ4v) is 4.89. The van der Waals surface area contributed by atoms with E-state index in [1.807, 2.05) is 6.07 Å². The number of benzene rings is 2. The van der Waals surface area contributed by atoms with Crippen LogP contribution in [0.25, 0.3) is 21.7 Å². The van der Waals surface area contributed by atoms with Crippen molar-refractivity contribution in [3.05, 3.63) is 47.7 Å². The van der Waals surface area contributed by atoms with Gasteiger partial charge in [0.1, 0.15) is 5.75 Å². The lowest BCUT2D eigenvalue weighted by molar-refractivity contribution is 0.0758. The van der Waals surface area contributed by atoms with Crippen LogP contribution >= 0.6 is 12.4 Å². The zero-order valence-corrected chi connectivity index (χ0v) is 14.1. The predicted molar refractivity (Wildman–Crippen MR) is 97.7 cm³/mol. The van der Waals surface area contributed by atoms with Crippen molar-refractivity contribution in [3.8, 4) is 5.75 Å². The van der Waals surface area contributed by atoms with Crippen LogP contribution in [0.1, 0.15) is 36.5 Å². The second-order valence-electron chi connectivity index (χ2n) is 7.03. The Labute approximate surface area is 146 Å². The first-order valence-electron chi connectivity index (χ1n) is 8.44. The molecule has 1 aromatic heterocycles. The quantitative estimate of drug-likeness (QED) is 0.591. The summed E-state index contributed by atoms with van der Waals surface area (Å²) >= 11 is 0. The Hall–Kier alpha value is -1.84. The highest BCUT2D eigenvalue weighted by Gasteiger charge is 2.40. The van der Waals surface area contributed by atoms with E-state index in [0.717, 1.165) is 34.7 Å². The summed E-state index contributed by atoms with van der Waals surface area (Å²) in [5.74, 6) is 1.13. The summed E-state index contributed by atoms with van der Waals surface area (Å²) in [5, 5.41) is 24.2. The van der Waals surface area contributed by atoms with Crippen molar-refractivity contribution in [1.29, 1.82) is 0 Å². The molecule has 1 heterocycles. The maximum Gasteiger partial charge on any atom is 0.134 e. The molecule has 1 saturated carbocycles. The van der Waals surface area contributed by atoms with Crippen molar-refractivity contribution in [1.82, 2.24) is 4.98 Å². The van der Waals surface area contributed by atoms with Crippen LogP contribution in [0.2, 0.25) is 0 Å². The minimum absolute atomic E-state index is 0. The molecular weight excluding hydrogens is 322 g/mol. The zero-order valence-electron chi connectivity index (χ0n) is 13.3. The molecule has 2 aromatic carbocycles. The van der Waals surface area contributed by atoms with Crippen molar-refractivity contribution in [2.24, 2.45) is 11.8 Å². The zero-order chi connectivity index (χ0) is 15.6. The van der Waals surface area contributed by atoms with Gasteiger partial charge in [0.15, 0.2) is 0 Å². The Morgan fingerprint density at radius 2 is 1.83 bits per heavy atom. The highest BCUT2D eigenvalue weighted by Crippen LogP contribution is 2.50. The van der Waals surface area contributed by atoms with Gasteiger partial charge in [-0.1, -0.05) is 30.7 Å². The predicted octanol–water partition coefficient (Wildman–Crippen LogP) is 4.52. The number of nitrogens with zero attached hydrogens (tertiary/aromatic N) is 1. The lowest BCUT2D eigenvalue weighted by atomic mass is 9.73. The third-order valence-corrected chi connectivity index (χ3v) is 5.88. The van der Waals surface area contributed by atoms with Crippen molar-refractivity contribution in [2.45, 2.75) is 31.8 Å². The number of aromatic hydroxyl groups is 1. The Morgan fingerprint density at radius 3 is 2.67 bits per heavy atom. The molecule has 0 amide bonds. The normalized spacial score (nSPS) is 25.3. The highest BCUT2D eigenvalue weighted by atomic mass is 35.5. The van der Waals surface area contributed by atoms with E-state index in [4.69, 9.17) is 0 Å². The summed E-state index contributed by atoms with van der Waals surface area (Å²) in [7, 11) is 0. The molecular formula is C20H20ClNO2. The second kappa shape index (κ2) is 5.61. The molecule has 24 heavy (non-hydrogen) atoms. The molecule has 0 bridgehead atoms. The first kappa shape index (κ1) is 15.7. The van der Waals surface area contributed by atoms with E-state index >= 15 is 0 Å². The molecule has 3 nitrogen and oxygen atoms in total. The molecule has 0 radical (unpaired) electrons. The number of hydrogen-bond acceptors (Lipinski definition) is 3. The third-order valence-electron chi connectivity index (χ3n) is 5.88. The largest absolute Gasteiger partial charge is 0.506 e. The van der Waals surface area contributed by atoms with Gasteiger partial charge >= 0.3 is 0 Å². The van der Waals surface area contributed by atoms with Crippen LogP contribution in [0.15, 0.2) is 36.5 Å². The monoisotopic (exact) mass is 341 g/mol. The van der Waals surface area contributed by atoms with Gasteiger partial charge in [-0.2, -0.15) is 0 Å². The fourth-order valence-electron chi connectivity index (χ4n) is 4.89. The van der Waals surface area contributed by atoms with E-state index in [-0.39, 0.29) is 18.2 Å². The van der Waals surface area contributed by atoms with Gasteiger partial charge in [0.25, 0.3) is 0 Å². The van der Waals surface area contributed by atoms with E-state index in [0.29, 0.717) is 11.8 Å². The lowest BCUT2D eigenvalue weighted by Gasteiger charge is -2.34. The second-order valence-corrected chi connectivity index (χ2v) is 7.03. The van der Waals surface area contributed by atoms with E-state index in [9.17, 15) is 10.2 Å². The molecule has 0 spiro atoms. The molecule has 4 heteroatoms. The molecule has 0 saturated heterocycles. The van der Waals surface area contributed by atoms with Gasteiger partial charge in [-0.05, 0) is 53.5 Å². The van der Waals surface area contributed by atoms with Crippen LogP contribution in [0.4, 0.5) is 0 Å². The summed E-state index contributed by atoms with van der Waals surface area (Å²) in [5.41, 5.74) is 3.12. The Bertz CT molecular complexity index is 940. The summed E-state index contributed by atoms with van der Waals surface area (Å²) in [6, 6.07) is 10.1. The molecule has 5 rings (SSSR count). The summed E-state index contributed by atoms with van der Waals surface area (Å²) in [6.07, 6.45) is 5.63. The lowest BCUT2D eigenvalue weighted by Crippen LogP contribution is -2.26. The number of pyridine rings is 1. The molecule has 1 fully saturated rings. The molecule has 2 aliphatic rings. The van der Waals surface area contributed by atoms with Gasteiger partial charge < -0.3 is 10.2 Å². The van der Waals surface area contributed by atoms with Crippen LogP contribution in [-0.4, -0.2) is 15.2 Å². The SMILES string of the molecule is Cl.Oc1cnc2c3c(c4ccccc4c2c1)CC1CCC[C@@H]1[C@@H]3O. The van der Waals surface area contributed by atoms with Crippen LogP contribution in [-0.2, 0) is 6.42 Å². The number of aliphatic hydroxyl groups excluding tert-OH is 1. The van der Waals surface area contributed by atoms with Gasteiger partial charge in [0.05, 0.1) is 17.8 Å². The van der Waals surface area contributed by atoms with E-state index in [2.05, 4.69) is 23.2 Å². The van der Waals surface area contributed by atoms with Gasteiger partial charge in [-0.25, -0.2) is 0 Å². The van der Waals surface area contributed by atoms with Crippen molar-refractivity contribution in [2.75, 3.05) is 0 Å². The standard InChI is InChI=1S/C20H19NO2.ClH/c22-12-9-17-15-6-2-1-5-14(15)16-8-11-4-3-7-13(11)20(23)18(16)19(17)21-10-12;/h1-2,5-6,9-11,13,20,22-23H,3-4,7-8H2;1H/t11?,13-,20-;/m0./s1. The maximum absolute atomic E-state index is 11.1. The molecule has 3 atom stereocenters. The van der Waals surface area contributed by atoms with Gasteiger partial charge in [-0.15, -0.1) is 12.4 Å². The average molecular weight is 342 g/mol. The molecule has 3 aromatic rings. The topological polar surface area (TPSA) is 53.4 Å². The molecule has 0 aliphatic heterocycles. The van der Waals surface area contributed by atoms with Crippen LogP contribution in [0, 0.1) is 11.8 Å². The fraction of sp³-hybridized carbons (Fsp3) is 0.350.